The molecule has 23 unspecified atom stereocenters. The van der Waals surface area contributed by atoms with E-state index in [0.29, 0.717) is 55.6 Å². The fraction of sp³-hybridized carbons (Fsp3) is 0.859. The van der Waals surface area contributed by atoms with Crippen molar-refractivity contribution in [1.29, 1.82) is 0 Å². The number of ether oxygens (including phenoxy) is 5. The van der Waals surface area contributed by atoms with Gasteiger partial charge in [0.2, 0.25) is 0 Å². The quantitative estimate of drug-likeness (QED) is 0.0475. The Bertz CT molecular complexity index is 2410. The van der Waals surface area contributed by atoms with Crippen LogP contribution in [-0.2, 0) is 94.4 Å². The van der Waals surface area contributed by atoms with E-state index in [0.717, 1.165) is 38.7 Å². The van der Waals surface area contributed by atoms with E-state index in [1.165, 1.54) is 43.3 Å². The molecule has 23 atom stereocenters. The van der Waals surface area contributed by atoms with Crippen molar-refractivity contribution < 1.29 is 99.5 Å². The van der Waals surface area contributed by atoms with Crippen molar-refractivity contribution in [1.82, 2.24) is 0 Å². The number of aliphatic carboxylic acids is 1. The van der Waals surface area contributed by atoms with Crippen LogP contribution in [0.5, 0.6) is 0 Å². The summed E-state index contributed by atoms with van der Waals surface area (Å²) in [4.78, 5) is 96.6. The van der Waals surface area contributed by atoms with Gasteiger partial charge in [0.1, 0.15) is 0 Å². The van der Waals surface area contributed by atoms with Crippen molar-refractivity contribution in [2.75, 3.05) is 20.8 Å². The van der Waals surface area contributed by atoms with Crippen molar-refractivity contribution in [3.05, 3.63) is 12.2 Å². The van der Waals surface area contributed by atoms with Crippen molar-refractivity contribution >= 4 is 76.5 Å². The van der Waals surface area contributed by atoms with Crippen molar-refractivity contribution in [3.63, 3.8) is 0 Å². The minimum Gasteiger partial charge on any atom is -0.634 e. The van der Waals surface area contributed by atoms with E-state index in [1.54, 1.807) is 13.8 Å². The second-order valence-electron chi connectivity index (χ2n) is 30.3. The van der Waals surface area contributed by atoms with Gasteiger partial charge in [0.15, 0.2) is 8.32 Å². The molecule has 10 fully saturated rings. The average Bonchev–Trinajstić information content (AvgIpc) is 2.26. The fourth-order valence-corrected chi connectivity index (χ4v) is 47.8. The zero-order valence-corrected chi connectivity index (χ0v) is 60.0. The molecule has 10 rings (SSSR count). The van der Waals surface area contributed by atoms with Gasteiger partial charge in [-0.15, -0.1) is 12.2 Å². The number of hydrogen-bond donors (Lipinski definition) is 1. The zero-order valence-electron chi connectivity index (χ0n) is 53.1. The average molecular weight is 1300 g/mol. The number of cyclic esters (lactones) is 2. The van der Waals surface area contributed by atoms with Gasteiger partial charge in [0, 0.05) is 65.7 Å². The number of methoxy groups -OCH3 is 2. The number of fused-ring (bicyclic) bond motifs is 8. The number of carboxylic acid groups (broad SMARTS) is 1. The predicted molar refractivity (Wildman–Crippen MR) is 318 cm³/mol. The molecule has 10 aliphatic rings. The Balaban J connectivity index is 0.000000681. The molecule has 2 aliphatic heterocycles. The molecule has 4 radical (unpaired) electrons. The summed E-state index contributed by atoms with van der Waals surface area (Å²) in [5.74, 6) is -6.16. The number of esters is 6. The van der Waals surface area contributed by atoms with Crippen LogP contribution in [0.2, 0.25) is 48.9 Å². The molecule has 1 N–H and O–H groups in total. The van der Waals surface area contributed by atoms with E-state index in [-0.39, 0.29) is 142 Å². The Morgan fingerprint density at radius 2 is 1.23 bits per heavy atom. The number of hydrogen-bond acceptors (Lipinski definition) is 13. The number of carbonyl (C=O) groups excluding carboxylic acids is 6. The molecule has 8 saturated carbocycles. The first-order valence-electron chi connectivity index (χ1n) is 31.8. The first-order chi connectivity index (χ1) is 38.5. The summed E-state index contributed by atoms with van der Waals surface area (Å²) >= 11 is 0. The van der Waals surface area contributed by atoms with E-state index in [1.807, 2.05) is 34.6 Å². The molecule has 8 bridgehead atoms. The molecule has 462 valence electrons. The van der Waals surface area contributed by atoms with Crippen LogP contribution in [0, 0.1) is 153 Å². The first kappa shape index (κ1) is 67.4. The number of rotatable bonds is 17. The zero-order chi connectivity index (χ0) is 60.0. The van der Waals surface area contributed by atoms with Crippen molar-refractivity contribution in [3.8, 4) is 0 Å². The van der Waals surface area contributed by atoms with Crippen molar-refractivity contribution in [2.24, 2.45) is 141 Å². The molecule has 0 aromatic carbocycles. The van der Waals surface area contributed by atoms with E-state index >= 15 is 9.59 Å². The number of carboxylic acids is 1. The third-order valence-corrected chi connectivity index (χ3v) is 45.6. The first-order valence-corrected chi connectivity index (χ1v) is 41.8. The molecular formula is C64H101O14Si4Y-2. The molecule has 0 aromatic heterocycles. The van der Waals surface area contributed by atoms with Gasteiger partial charge in [-0.25, -0.2) is 0 Å². The summed E-state index contributed by atoms with van der Waals surface area (Å²) < 4.78 is 35.4. The smallest absolute Gasteiger partial charge is 0.317 e. The van der Waals surface area contributed by atoms with Crippen LogP contribution >= 0.6 is 0 Å². The molecule has 83 heavy (non-hydrogen) atoms. The Kier molecular flexibility index (Phi) is 21.2. The maximum atomic E-state index is 15.0. The van der Waals surface area contributed by atoms with Gasteiger partial charge >= 0.3 is 29.8 Å². The maximum absolute atomic E-state index is 15.0. The normalized spacial score (nSPS) is 41.5. The Labute approximate surface area is 528 Å². The van der Waals surface area contributed by atoms with E-state index in [4.69, 9.17) is 28.1 Å². The predicted octanol–water partition coefficient (Wildman–Crippen LogP) is 11.5. The second-order valence-corrected chi connectivity index (χ2v) is 44.9. The monoisotopic (exact) mass is 1290 g/mol. The molecule has 2 saturated heterocycles. The Morgan fingerprint density at radius 1 is 0.663 bits per heavy atom. The van der Waals surface area contributed by atoms with Crippen molar-refractivity contribution in [2.45, 2.75) is 182 Å². The number of carbonyl (C=O) groups is 7. The maximum Gasteiger partial charge on any atom is 0.317 e. The standard InChI is InChI=1S/C55H84O12Si4.C9H17O2.Y/c1-26(2)66-54(62)55(5,48-27(3)29-12-13-30(48)14-29)20-39-35-16-31(15-33(35)21-65-71(11)24-69(9)22-68(8)23-70(10)25-71)41(39)46-47(53(61)67-52(46)60)43-36-17-32(18-37(36)50(58)63-6)42(43)40-28(4)34-19-38(40)45(51(59)64-7)44(34)49(56)57;1-6-9(4,5)8(10)11-7(2)3;/h27-48H,12-25H2,1-11H3,(H,56,57);6H2,1-5H3;/q2*-1;. The van der Waals surface area contributed by atoms with Gasteiger partial charge in [-0.1, -0.05) is 51.7 Å². The van der Waals surface area contributed by atoms with Crippen LogP contribution in [0.3, 0.4) is 0 Å². The largest absolute Gasteiger partial charge is 0.634 e. The molecular weight excluding hydrogens is 1190 g/mol. The molecule has 8 aliphatic carbocycles. The third-order valence-electron chi connectivity index (χ3n) is 24.2. The Hall–Kier alpha value is -1.58. The van der Waals surface area contributed by atoms with Gasteiger partial charge < -0.3 is 33.2 Å². The summed E-state index contributed by atoms with van der Waals surface area (Å²) in [6, 6.07) is 0. The van der Waals surface area contributed by atoms with Gasteiger partial charge in [0.05, 0.1) is 54.6 Å². The Morgan fingerprint density at radius 3 is 1.78 bits per heavy atom. The van der Waals surface area contributed by atoms with E-state index in [2.05, 4.69) is 47.0 Å². The topological polar surface area (TPSA) is 195 Å². The molecule has 14 nitrogen and oxygen atoms in total. The summed E-state index contributed by atoms with van der Waals surface area (Å²) in [7, 11) is -0.424. The molecule has 0 amide bonds. The van der Waals surface area contributed by atoms with Gasteiger partial charge in [-0.2, -0.15) is 27.7 Å². The summed E-state index contributed by atoms with van der Waals surface area (Å²) in [6.07, 6.45) is 9.89. The SMILES string of the molecule is CCC(C)(C)C(=O)O[C-](C)C.COC(=O)C1CC2CC1C(C1C(=O)OC(=O)C1C1C3CC(CO[Si]4(C)C[Si](C)C[Si](C)C[Si](C)C4)C(C3)C1CC(C)(C(=O)O[C-](C)C)C1C3CCC(C3)C1C)C2C1C(C)C2CC1C(C(=O)OC)C2C(=O)O.[Y]. The van der Waals surface area contributed by atoms with E-state index < -0.39 is 90.7 Å². The fourth-order valence-electron chi connectivity index (χ4n) is 21.4. The minimum atomic E-state index is -1.98. The molecule has 2 heterocycles. The van der Waals surface area contributed by atoms with E-state index in [9.17, 15) is 29.1 Å². The van der Waals surface area contributed by atoms with Crippen LogP contribution in [0.15, 0.2) is 0 Å². The molecule has 0 spiro atoms. The van der Waals surface area contributed by atoms with Crippen LogP contribution in [0.1, 0.15) is 133 Å². The third kappa shape index (κ3) is 12.7. The van der Waals surface area contributed by atoms with Crippen LogP contribution in [0.25, 0.3) is 0 Å². The second kappa shape index (κ2) is 26.1. The summed E-state index contributed by atoms with van der Waals surface area (Å²) in [6.45, 7) is 30.6. The van der Waals surface area contributed by atoms with Crippen LogP contribution in [-0.4, -0.2) is 102 Å². The molecule has 19 heteroatoms. The van der Waals surface area contributed by atoms with Gasteiger partial charge in [-0.3, -0.25) is 33.6 Å². The van der Waals surface area contributed by atoms with Crippen LogP contribution < -0.4 is 0 Å². The summed E-state index contributed by atoms with van der Waals surface area (Å²) in [5, 5.41) is 10.5. The van der Waals surface area contributed by atoms with Gasteiger partial charge in [-0.05, 0) is 203 Å². The van der Waals surface area contributed by atoms with Crippen LogP contribution in [0.4, 0.5) is 0 Å². The molecule has 0 aromatic rings. The minimum absolute atomic E-state index is 0. The van der Waals surface area contributed by atoms with Gasteiger partial charge in [0.25, 0.3) is 11.9 Å². The summed E-state index contributed by atoms with van der Waals surface area (Å²) in [5.41, 5.74) is 4.37.